The molecule has 0 radical (unpaired) electrons. The average molecular weight is 263 g/mol. The Bertz CT molecular complexity index is 213. The molecule has 1 unspecified atom stereocenters. The van der Waals surface area contributed by atoms with E-state index < -0.39 is 7.12 Å². The minimum Gasteiger partial charge on any atom is -0.426 e. The van der Waals surface area contributed by atoms with Gasteiger partial charge in [0.15, 0.2) is 0 Å². The number of rotatable bonds is 7. The van der Waals surface area contributed by atoms with Gasteiger partial charge in [0.1, 0.15) is 0 Å². The van der Waals surface area contributed by atoms with Crippen LogP contribution in [0.1, 0.15) is 32.1 Å². The van der Waals surface area contributed by atoms with Crippen molar-refractivity contribution in [1.82, 2.24) is 5.32 Å². The normalized spacial score (nSPS) is 19.8. The molecule has 1 saturated heterocycles. The molecule has 1 amide bonds. The maximum Gasteiger partial charge on any atom is 0.472 e. The van der Waals surface area contributed by atoms with Gasteiger partial charge in [-0.2, -0.15) is 0 Å². The lowest BCUT2D eigenvalue weighted by molar-refractivity contribution is -0.121. The fourth-order valence-electron chi connectivity index (χ4n) is 1.52. The predicted octanol–water partition coefficient (Wildman–Crippen LogP) is 0.829. The Hall–Kier alpha value is 0.155. The van der Waals surface area contributed by atoms with Gasteiger partial charge in [-0.3, -0.25) is 4.79 Å². The van der Waals surface area contributed by atoms with Gasteiger partial charge in [-0.25, -0.2) is 0 Å². The highest BCUT2D eigenvalue weighted by Gasteiger charge is 2.16. The maximum absolute atomic E-state index is 11.2. The van der Waals surface area contributed by atoms with Gasteiger partial charge >= 0.3 is 7.12 Å². The van der Waals surface area contributed by atoms with E-state index in [1.807, 2.05) is 21.6 Å². The maximum atomic E-state index is 11.2. The number of unbranched alkanes of at least 4 members (excludes halogenated alkanes) is 1. The Morgan fingerprint density at radius 3 is 2.88 bits per heavy atom. The highest BCUT2D eigenvalue weighted by molar-refractivity contribution is 8.77. The summed E-state index contributed by atoms with van der Waals surface area (Å²) in [6.07, 6.45) is 4.85. The summed E-state index contributed by atoms with van der Waals surface area (Å²) >= 11 is 0. The van der Waals surface area contributed by atoms with Crippen molar-refractivity contribution in [1.29, 1.82) is 0 Å². The zero-order valence-corrected chi connectivity index (χ0v) is 10.9. The first-order chi connectivity index (χ1) is 7.68. The Morgan fingerprint density at radius 2 is 2.25 bits per heavy atom. The third-order valence-electron chi connectivity index (χ3n) is 2.39. The third-order valence-corrected chi connectivity index (χ3v) is 5.40. The van der Waals surface area contributed by atoms with Gasteiger partial charge in [-0.05, 0) is 19.3 Å². The summed E-state index contributed by atoms with van der Waals surface area (Å²) in [4.78, 5) is 11.2. The number of carbonyl (C=O) groups is 1. The van der Waals surface area contributed by atoms with Crippen LogP contribution in [0.4, 0.5) is 0 Å². The smallest absolute Gasteiger partial charge is 0.426 e. The fourth-order valence-corrected chi connectivity index (χ4v) is 4.54. The van der Waals surface area contributed by atoms with Gasteiger partial charge in [0.2, 0.25) is 5.91 Å². The molecule has 0 spiro atoms. The summed E-state index contributed by atoms with van der Waals surface area (Å²) in [6.45, 7) is 0. The van der Waals surface area contributed by atoms with E-state index in [1.54, 1.807) is 0 Å². The van der Waals surface area contributed by atoms with Gasteiger partial charge in [0.05, 0.1) is 6.44 Å². The Balaban J connectivity index is 1.91. The second-order valence-corrected chi connectivity index (χ2v) is 6.65. The molecule has 3 N–H and O–H groups in total. The van der Waals surface area contributed by atoms with E-state index >= 15 is 0 Å². The van der Waals surface area contributed by atoms with Gasteiger partial charge in [0.25, 0.3) is 0 Å². The summed E-state index contributed by atoms with van der Waals surface area (Å²) in [5.41, 5.74) is 0. The number of carbonyl (C=O) groups excluding carboxylic acids is 1. The second kappa shape index (κ2) is 8.28. The molecular weight excluding hydrogens is 245 g/mol. The molecule has 7 heteroatoms. The molecule has 1 heterocycles. The number of nitrogens with one attached hydrogen (secondary N) is 1. The summed E-state index contributed by atoms with van der Waals surface area (Å²) in [7, 11) is 2.46. The lowest BCUT2D eigenvalue weighted by Crippen LogP contribution is -2.34. The summed E-state index contributed by atoms with van der Waals surface area (Å²) in [6, 6.07) is 0. The Labute approximate surface area is 104 Å². The minimum atomic E-state index is -1.45. The van der Waals surface area contributed by atoms with Crippen molar-refractivity contribution in [2.75, 3.05) is 12.2 Å². The topological polar surface area (TPSA) is 69.6 Å². The zero-order chi connectivity index (χ0) is 11.8. The molecule has 0 aliphatic carbocycles. The standard InChI is InChI=1S/C9H18BNO3S2/c12-9(11-7-10(13)14)4-2-1-3-8-5-6-15-16-8/h8,13-14H,1-7H2,(H,11,12). The molecule has 1 fully saturated rings. The van der Waals surface area contributed by atoms with Gasteiger partial charge in [-0.15, -0.1) is 0 Å². The van der Waals surface area contributed by atoms with Crippen LogP contribution in [0.2, 0.25) is 0 Å². The van der Waals surface area contributed by atoms with Crippen LogP contribution in [0, 0.1) is 0 Å². The van der Waals surface area contributed by atoms with Crippen LogP contribution in [0.5, 0.6) is 0 Å². The first kappa shape index (κ1) is 14.2. The highest BCUT2D eigenvalue weighted by Crippen LogP contribution is 2.39. The molecule has 1 aliphatic heterocycles. The van der Waals surface area contributed by atoms with Crippen molar-refractivity contribution in [3.05, 3.63) is 0 Å². The van der Waals surface area contributed by atoms with E-state index in [-0.39, 0.29) is 12.4 Å². The monoisotopic (exact) mass is 263 g/mol. The Kier molecular flexibility index (Phi) is 7.35. The number of amides is 1. The highest BCUT2D eigenvalue weighted by atomic mass is 33.1. The Morgan fingerprint density at radius 1 is 1.44 bits per heavy atom. The van der Waals surface area contributed by atoms with Crippen LogP contribution in [-0.4, -0.2) is 40.5 Å². The average Bonchev–Trinajstić information content (AvgIpc) is 2.74. The molecule has 4 nitrogen and oxygen atoms in total. The first-order valence-electron chi connectivity index (χ1n) is 5.59. The van der Waals surface area contributed by atoms with Crippen molar-refractivity contribution in [3.63, 3.8) is 0 Å². The van der Waals surface area contributed by atoms with E-state index in [4.69, 9.17) is 10.0 Å². The van der Waals surface area contributed by atoms with Crippen molar-refractivity contribution < 1.29 is 14.8 Å². The molecule has 1 atom stereocenters. The predicted molar refractivity (Wildman–Crippen MR) is 70.1 cm³/mol. The molecule has 92 valence electrons. The van der Waals surface area contributed by atoms with E-state index in [1.165, 1.54) is 18.6 Å². The summed E-state index contributed by atoms with van der Waals surface area (Å²) in [5.74, 6) is 1.16. The number of hydrogen-bond donors (Lipinski definition) is 3. The van der Waals surface area contributed by atoms with Crippen LogP contribution in [0.15, 0.2) is 0 Å². The third kappa shape index (κ3) is 6.68. The van der Waals surface area contributed by atoms with Gasteiger partial charge in [0, 0.05) is 17.4 Å². The first-order valence-corrected chi connectivity index (χ1v) is 7.98. The van der Waals surface area contributed by atoms with E-state index in [0.29, 0.717) is 6.42 Å². The minimum absolute atomic E-state index is 0.0754. The molecule has 0 aromatic carbocycles. The SMILES string of the molecule is O=C(CCCCC1CCSS1)NCB(O)O. The molecular formula is C9H18BNO3S2. The van der Waals surface area contributed by atoms with Crippen LogP contribution < -0.4 is 5.32 Å². The van der Waals surface area contributed by atoms with Gasteiger partial charge < -0.3 is 15.4 Å². The molecule has 0 saturated carbocycles. The molecule has 0 bridgehead atoms. The largest absolute Gasteiger partial charge is 0.472 e. The quantitative estimate of drug-likeness (QED) is 0.360. The van der Waals surface area contributed by atoms with Crippen LogP contribution >= 0.6 is 21.6 Å². The molecule has 1 aliphatic rings. The van der Waals surface area contributed by atoms with Crippen molar-refractivity contribution in [3.8, 4) is 0 Å². The van der Waals surface area contributed by atoms with Gasteiger partial charge in [-0.1, -0.05) is 28.0 Å². The number of hydrogen-bond acceptors (Lipinski definition) is 5. The second-order valence-electron chi connectivity index (χ2n) is 3.86. The van der Waals surface area contributed by atoms with Crippen LogP contribution in [0.25, 0.3) is 0 Å². The molecule has 1 rings (SSSR count). The zero-order valence-electron chi connectivity index (χ0n) is 9.22. The lowest BCUT2D eigenvalue weighted by Gasteiger charge is -2.07. The van der Waals surface area contributed by atoms with E-state index in [9.17, 15) is 4.79 Å². The summed E-state index contributed by atoms with van der Waals surface area (Å²) < 4.78 is 0. The van der Waals surface area contributed by atoms with Crippen LogP contribution in [0.3, 0.4) is 0 Å². The fraction of sp³-hybridized carbons (Fsp3) is 0.889. The van der Waals surface area contributed by atoms with E-state index in [2.05, 4.69) is 5.32 Å². The molecule has 0 aromatic rings. The van der Waals surface area contributed by atoms with E-state index in [0.717, 1.165) is 18.1 Å². The van der Waals surface area contributed by atoms with Crippen molar-refractivity contribution in [2.45, 2.75) is 37.4 Å². The lowest BCUT2D eigenvalue weighted by atomic mass is 9.92. The van der Waals surface area contributed by atoms with Crippen LogP contribution in [-0.2, 0) is 4.79 Å². The molecule has 16 heavy (non-hydrogen) atoms. The molecule has 0 aromatic heterocycles. The van der Waals surface area contributed by atoms with Crippen molar-refractivity contribution in [2.24, 2.45) is 0 Å². The summed E-state index contributed by atoms with van der Waals surface area (Å²) in [5, 5.41) is 20.3. The van der Waals surface area contributed by atoms with Crippen molar-refractivity contribution >= 4 is 34.6 Å².